The molecule has 0 atom stereocenters. The van der Waals surface area contributed by atoms with Gasteiger partial charge in [-0.15, -0.1) is 0 Å². The van der Waals surface area contributed by atoms with Crippen LogP contribution in [0.2, 0.25) is 0 Å². The highest BCUT2D eigenvalue weighted by Gasteiger charge is 2.11. The molecule has 0 aliphatic rings. The smallest absolute Gasteiger partial charge is 0.255 e. The molecule has 0 unspecified atom stereocenters. The molecule has 0 bridgehead atoms. The molecule has 0 fully saturated rings. The van der Waals surface area contributed by atoms with E-state index in [0.29, 0.717) is 17.9 Å². The highest BCUT2D eigenvalue weighted by Crippen LogP contribution is 2.17. The first-order chi connectivity index (χ1) is 13.0. The van der Waals surface area contributed by atoms with Gasteiger partial charge in [0.25, 0.3) is 5.91 Å². The molecule has 27 heavy (non-hydrogen) atoms. The van der Waals surface area contributed by atoms with Gasteiger partial charge in [-0.1, -0.05) is 26.2 Å². The maximum absolute atomic E-state index is 12.3. The van der Waals surface area contributed by atoms with E-state index in [4.69, 9.17) is 4.74 Å². The summed E-state index contributed by atoms with van der Waals surface area (Å²) in [6.07, 6.45) is 4.59. The number of unbranched alkanes of at least 4 members (excludes halogenated alkanes) is 3. The standard InChI is InChI=1S/C20H26N2O4S/c1-3-4-5-6-15-26-18-11-7-16(8-12-18)20(23)22-17-9-13-19(14-10-17)27(24,25)21-2/h7-14,21H,3-6,15H2,1-2H3,(H,22,23). The summed E-state index contributed by atoms with van der Waals surface area (Å²) in [6, 6.07) is 12.9. The molecule has 0 aromatic heterocycles. The van der Waals surface area contributed by atoms with Crippen molar-refractivity contribution >= 4 is 21.6 Å². The number of rotatable bonds is 10. The molecule has 2 N–H and O–H groups in total. The van der Waals surface area contributed by atoms with Crippen molar-refractivity contribution in [1.82, 2.24) is 4.72 Å². The Hall–Kier alpha value is -2.38. The number of hydrogen-bond donors (Lipinski definition) is 2. The molecule has 0 aliphatic carbocycles. The monoisotopic (exact) mass is 390 g/mol. The van der Waals surface area contributed by atoms with Crippen LogP contribution in [0.1, 0.15) is 43.0 Å². The molecular formula is C20H26N2O4S. The fourth-order valence-corrected chi connectivity index (χ4v) is 3.19. The van der Waals surface area contributed by atoms with Crippen molar-refractivity contribution in [2.24, 2.45) is 0 Å². The maximum Gasteiger partial charge on any atom is 0.255 e. The maximum atomic E-state index is 12.3. The lowest BCUT2D eigenvalue weighted by Gasteiger charge is -2.09. The molecule has 0 spiro atoms. The Kier molecular flexibility index (Phi) is 7.82. The van der Waals surface area contributed by atoms with E-state index in [1.165, 1.54) is 32.0 Å². The van der Waals surface area contributed by atoms with Crippen LogP contribution in [0.4, 0.5) is 5.69 Å². The Morgan fingerprint density at radius 1 is 0.963 bits per heavy atom. The zero-order valence-corrected chi connectivity index (χ0v) is 16.5. The highest BCUT2D eigenvalue weighted by atomic mass is 32.2. The van der Waals surface area contributed by atoms with E-state index in [2.05, 4.69) is 17.0 Å². The van der Waals surface area contributed by atoms with Crippen LogP contribution in [0.3, 0.4) is 0 Å². The van der Waals surface area contributed by atoms with Crippen LogP contribution in [0.25, 0.3) is 0 Å². The molecule has 6 nitrogen and oxygen atoms in total. The van der Waals surface area contributed by atoms with Gasteiger partial charge in [-0.2, -0.15) is 0 Å². The van der Waals surface area contributed by atoms with Gasteiger partial charge in [-0.05, 0) is 62.0 Å². The largest absolute Gasteiger partial charge is 0.494 e. The van der Waals surface area contributed by atoms with E-state index in [1.54, 1.807) is 36.4 Å². The van der Waals surface area contributed by atoms with Crippen molar-refractivity contribution in [1.29, 1.82) is 0 Å². The van der Waals surface area contributed by atoms with Crippen molar-refractivity contribution < 1.29 is 17.9 Å². The third-order valence-corrected chi connectivity index (χ3v) is 5.50. The number of carbonyl (C=O) groups is 1. The van der Waals surface area contributed by atoms with E-state index in [9.17, 15) is 13.2 Å². The second-order valence-corrected chi connectivity index (χ2v) is 8.01. The third kappa shape index (κ3) is 6.37. The number of anilines is 1. The Bertz CT molecular complexity index is 831. The Morgan fingerprint density at radius 3 is 2.22 bits per heavy atom. The minimum atomic E-state index is -3.49. The van der Waals surface area contributed by atoms with Crippen molar-refractivity contribution in [3.05, 3.63) is 54.1 Å². The predicted octanol–water partition coefficient (Wildman–Crippen LogP) is 3.81. The van der Waals surface area contributed by atoms with Gasteiger partial charge in [0.1, 0.15) is 5.75 Å². The molecule has 146 valence electrons. The number of benzene rings is 2. The lowest BCUT2D eigenvalue weighted by molar-refractivity contribution is 0.102. The zero-order chi connectivity index (χ0) is 19.7. The lowest BCUT2D eigenvalue weighted by atomic mass is 10.2. The van der Waals surface area contributed by atoms with Crippen molar-refractivity contribution in [2.75, 3.05) is 19.0 Å². The molecule has 2 aromatic carbocycles. The average molecular weight is 391 g/mol. The van der Waals surface area contributed by atoms with E-state index >= 15 is 0 Å². The summed E-state index contributed by atoms with van der Waals surface area (Å²) in [5, 5.41) is 2.75. The molecule has 7 heteroatoms. The Balaban J connectivity index is 1.90. The van der Waals surface area contributed by atoms with Gasteiger partial charge in [0.2, 0.25) is 10.0 Å². The van der Waals surface area contributed by atoms with Gasteiger partial charge in [0, 0.05) is 11.3 Å². The second-order valence-electron chi connectivity index (χ2n) is 6.12. The van der Waals surface area contributed by atoms with Gasteiger partial charge in [0.05, 0.1) is 11.5 Å². The second kappa shape index (κ2) is 10.1. The summed E-state index contributed by atoms with van der Waals surface area (Å²) in [4.78, 5) is 12.5. The molecule has 0 aliphatic heterocycles. The first-order valence-electron chi connectivity index (χ1n) is 9.04. The van der Waals surface area contributed by atoms with E-state index in [-0.39, 0.29) is 10.8 Å². The minimum absolute atomic E-state index is 0.142. The molecule has 0 radical (unpaired) electrons. The summed E-state index contributed by atoms with van der Waals surface area (Å²) < 4.78 is 31.3. The molecular weight excluding hydrogens is 364 g/mol. The summed E-state index contributed by atoms with van der Waals surface area (Å²) in [6.45, 7) is 2.84. The quantitative estimate of drug-likeness (QED) is 0.604. The fraction of sp³-hybridized carbons (Fsp3) is 0.350. The summed E-state index contributed by atoms with van der Waals surface area (Å²) in [5.41, 5.74) is 1.02. The number of nitrogens with one attached hydrogen (secondary N) is 2. The van der Waals surface area contributed by atoms with Gasteiger partial charge >= 0.3 is 0 Å². The number of amides is 1. The first-order valence-corrected chi connectivity index (χ1v) is 10.5. The first kappa shape index (κ1) is 20.9. The van der Waals surface area contributed by atoms with Crippen LogP contribution in [-0.4, -0.2) is 28.0 Å². The molecule has 1 amide bonds. The van der Waals surface area contributed by atoms with Crippen molar-refractivity contribution in [3.8, 4) is 5.75 Å². The van der Waals surface area contributed by atoms with Gasteiger partial charge in [-0.3, -0.25) is 4.79 Å². The fourth-order valence-electron chi connectivity index (χ4n) is 2.46. The highest BCUT2D eigenvalue weighted by molar-refractivity contribution is 7.89. The van der Waals surface area contributed by atoms with Crippen molar-refractivity contribution in [3.63, 3.8) is 0 Å². The van der Waals surface area contributed by atoms with Crippen LogP contribution in [0, 0.1) is 0 Å². The minimum Gasteiger partial charge on any atom is -0.494 e. The predicted molar refractivity (Wildman–Crippen MR) is 107 cm³/mol. The van der Waals surface area contributed by atoms with Crippen molar-refractivity contribution in [2.45, 2.75) is 37.5 Å². The molecule has 2 aromatic rings. The number of hydrogen-bond acceptors (Lipinski definition) is 4. The van der Waals surface area contributed by atoms with E-state index in [1.807, 2.05) is 0 Å². The Morgan fingerprint density at radius 2 is 1.63 bits per heavy atom. The Labute approximate surface area is 161 Å². The molecule has 0 saturated heterocycles. The van der Waals surface area contributed by atoms with E-state index < -0.39 is 10.0 Å². The summed E-state index contributed by atoms with van der Waals surface area (Å²) >= 11 is 0. The number of carbonyl (C=O) groups excluding carboxylic acids is 1. The SMILES string of the molecule is CCCCCCOc1ccc(C(=O)Nc2ccc(S(=O)(=O)NC)cc2)cc1. The molecule has 0 saturated carbocycles. The summed E-state index contributed by atoms with van der Waals surface area (Å²) in [7, 11) is -2.14. The van der Waals surface area contributed by atoms with Gasteiger partial charge in [0.15, 0.2) is 0 Å². The van der Waals surface area contributed by atoms with Crippen LogP contribution in [0.15, 0.2) is 53.4 Å². The number of ether oxygens (including phenoxy) is 1. The summed E-state index contributed by atoms with van der Waals surface area (Å²) in [5.74, 6) is 0.471. The number of sulfonamides is 1. The van der Waals surface area contributed by atoms with Crippen LogP contribution in [0.5, 0.6) is 5.75 Å². The van der Waals surface area contributed by atoms with Crippen LogP contribution >= 0.6 is 0 Å². The van der Waals surface area contributed by atoms with E-state index in [0.717, 1.165) is 18.6 Å². The van der Waals surface area contributed by atoms with Crippen LogP contribution in [-0.2, 0) is 10.0 Å². The lowest BCUT2D eigenvalue weighted by Crippen LogP contribution is -2.18. The van der Waals surface area contributed by atoms with Crippen LogP contribution < -0.4 is 14.8 Å². The normalized spacial score (nSPS) is 11.2. The average Bonchev–Trinajstić information content (AvgIpc) is 2.68. The molecule has 0 heterocycles. The zero-order valence-electron chi connectivity index (χ0n) is 15.7. The molecule has 2 rings (SSSR count). The third-order valence-electron chi connectivity index (χ3n) is 4.07. The van der Waals surface area contributed by atoms with Gasteiger partial charge < -0.3 is 10.1 Å². The topological polar surface area (TPSA) is 84.5 Å². The van der Waals surface area contributed by atoms with Gasteiger partial charge in [-0.25, -0.2) is 13.1 Å².